The molecule has 0 unspecified atom stereocenters. The van der Waals surface area contributed by atoms with Gasteiger partial charge >= 0.3 is 5.97 Å². The number of carboxylic acid groups (broad SMARTS) is 1. The predicted octanol–water partition coefficient (Wildman–Crippen LogP) is 2.82. The number of rotatable bonds is 3. The molecule has 0 saturated heterocycles. The number of hydrogen-bond donors (Lipinski definition) is 2. The van der Waals surface area contributed by atoms with Gasteiger partial charge in [-0.15, -0.1) is 0 Å². The molecule has 0 bridgehead atoms. The van der Waals surface area contributed by atoms with Crippen molar-refractivity contribution < 1.29 is 19.1 Å². The van der Waals surface area contributed by atoms with Gasteiger partial charge < -0.3 is 10.4 Å². The van der Waals surface area contributed by atoms with Gasteiger partial charge in [0.05, 0.1) is 10.6 Å². The van der Waals surface area contributed by atoms with Crippen molar-refractivity contribution in [3.05, 3.63) is 58.6 Å². The summed E-state index contributed by atoms with van der Waals surface area (Å²) < 4.78 is 13.4. The fourth-order valence-corrected chi connectivity index (χ4v) is 1.58. The highest BCUT2D eigenvalue weighted by molar-refractivity contribution is 6.30. The Balaban J connectivity index is 2.18. The third-order valence-corrected chi connectivity index (χ3v) is 2.64. The first kappa shape index (κ1) is 14.0. The first-order valence-corrected chi connectivity index (χ1v) is 5.81. The van der Waals surface area contributed by atoms with E-state index in [1.807, 2.05) is 0 Å². The number of carboxylic acids is 1. The van der Waals surface area contributed by atoms with E-state index in [9.17, 15) is 14.0 Å². The first-order valence-electron chi connectivity index (χ1n) is 5.43. The zero-order valence-corrected chi connectivity index (χ0v) is 10.7. The van der Waals surface area contributed by atoms with Gasteiger partial charge in [-0.25, -0.2) is 14.2 Å². The highest BCUT2D eigenvalue weighted by Crippen LogP contribution is 2.15. The van der Waals surface area contributed by atoms with Gasteiger partial charge in [0.2, 0.25) is 0 Å². The van der Waals surface area contributed by atoms with Crippen LogP contribution in [0.4, 0.5) is 10.1 Å². The van der Waals surface area contributed by atoms with Crippen molar-refractivity contribution in [1.82, 2.24) is 4.98 Å². The molecule has 0 atom stereocenters. The van der Waals surface area contributed by atoms with Crippen LogP contribution in [-0.2, 0) is 0 Å². The fraction of sp³-hybridized carbons (Fsp3) is 0. The Morgan fingerprint density at radius 3 is 2.55 bits per heavy atom. The molecular formula is C13H8ClFN2O3. The second kappa shape index (κ2) is 5.66. The fourth-order valence-electron chi connectivity index (χ4n) is 1.47. The molecule has 102 valence electrons. The second-order valence-electron chi connectivity index (χ2n) is 3.82. The van der Waals surface area contributed by atoms with Gasteiger partial charge in [-0.1, -0.05) is 11.6 Å². The van der Waals surface area contributed by atoms with E-state index in [4.69, 9.17) is 16.7 Å². The van der Waals surface area contributed by atoms with Gasteiger partial charge in [0.25, 0.3) is 5.91 Å². The maximum absolute atomic E-state index is 13.4. The molecule has 0 aliphatic heterocycles. The molecule has 5 nitrogen and oxygen atoms in total. The number of anilines is 1. The van der Waals surface area contributed by atoms with Crippen LogP contribution in [0.5, 0.6) is 0 Å². The van der Waals surface area contributed by atoms with E-state index in [-0.39, 0.29) is 11.4 Å². The lowest BCUT2D eigenvalue weighted by atomic mass is 10.2. The molecule has 0 radical (unpaired) electrons. The molecule has 0 saturated carbocycles. The maximum Gasteiger partial charge on any atom is 0.338 e. The summed E-state index contributed by atoms with van der Waals surface area (Å²) in [5.41, 5.74) is -0.223. The van der Waals surface area contributed by atoms with Crippen molar-refractivity contribution in [2.24, 2.45) is 0 Å². The number of benzene rings is 1. The summed E-state index contributed by atoms with van der Waals surface area (Å²) >= 11 is 5.64. The molecule has 2 rings (SSSR count). The lowest BCUT2D eigenvalue weighted by molar-refractivity contribution is 0.0692. The van der Waals surface area contributed by atoms with Crippen LogP contribution >= 0.6 is 11.6 Å². The minimum atomic E-state index is -1.38. The molecule has 1 heterocycles. The summed E-state index contributed by atoms with van der Waals surface area (Å²) in [7, 11) is 0. The van der Waals surface area contributed by atoms with Crippen LogP contribution in [0, 0.1) is 5.82 Å². The highest BCUT2D eigenvalue weighted by Gasteiger charge is 2.12. The van der Waals surface area contributed by atoms with Crippen molar-refractivity contribution in [1.29, 1.82) is 0 Å². The first-order chi connectivity index (χ1) is 9.47. The Morgan fingerprint density at radius 1 is 1.25 bits per heavy atom. The van der Waals surface area contributed by atoms with E-state index in [1.54, 1.807) is 0 Å². The number of carbonyl (C=O) groups excluding carboxylic acids is 1. The van der Waals surface area contributed by atoms with Gasteiger partial charge in [0.15, 0.2) is 0 Å². The van der Waals surface area contributed by atoms with Crippen LogP contribution < -0.4 is 5.32 Å². The Hall–Kier alpha value is -2.47. The van der Waals surface area contributed by atoms with Gasteiger partial charge in [-0.2, -0.15) is 0 Å². The predicted molar refractivity (Wildman–Crippen MR) is 70.6 cm³/mol. The number of pyridine rings is 1. The van der Waals surface area contributed by atoms with E-state index < -0.39 is 23.3 Å². The molecule has 0 aliphatic rings. The number of carbonyl (C=O) groups is 2. The number of halogens is 2. The molecule has 20 heavy (non-hydrogen) atoms. The second-order valence-corrected chi connectivity index (χ2v) is 4.25. The Kier molecular flexibility index (Phi) is 3.95. The molecular weight excluding hydrogens is 287 g/mol. The summed E-state index contributed by atoms with van der Waals surface area (Å²) in [5, 5.41) is 11.5. The molecule has 0 spiro atoms. The van der Waals surface area contributed by atoms with Crippen LogP contribution in [0.25, 0.3) is 0 Å². The third kappa shape index (κ3) is 3.10. The number of aromatic carboxylic acids is 1. The summed E-state index contributed by atoms with van der Waals surface area (Å²) in [4.78, 5) is 26.3. The van der Waals surface area contributed by atoms with Crippen molar-refractivity contribution in [2.75, 3.05) is 5.32 Å². The van der Waals surface area contributed by atoms with Gasteiger partial charge in [-0.05, 0) is 30.3 Å². The monoisotopic (exact) mass is 294 g/mol. The summed E-state index contributed by atoms with van der Waals surface area (Å²) in [6.45, 7) is 0. The SMILES string of the molecule is O=C(Nc1ccc(C(=O)O)c(F)c1)c1ccc(Cl)cn1. The topological polar surface area (TPSA) is 79.3 Å². The quantitative estimate of drug-likeness (QED) is 0.912. The normalized spacial score (nSPS) is 10.1. The van der Waals surface area contributed by atoms with E-state index in [1.165, 1.54) is 24.4 Å². The minimum Gasteiger partial charge on any atom is -0.478 e. The Labute approximate surface area is 118 Å². The number of aromatic nitrogens is 1. The zero-order chi connectivity index (χ0) is 14.7. The highest BCUT2D eigenvalue weighted by atomic mass is 35.5. The van der Waals surface area contributed by atoms with Crippen LogP contribution in [0.1, 0.15) is 20.8 Å². The lowest BCUT2D eigenvalue weighted by Crippen LogP contribution is -2.14. The van der Waals surface area contributed by atoms with Gasteiger partial charge in [0.1, 0.15) is 11.5 Å². The zero-order valence-electron chi connectivity index (χ0n) is 9.93. The van der Waals surface area contributed by atoms with Crippen molar-refractivity contribution in [3.8, 4) is 0 Å². The third-order valence-electron chi connectivity index (χ3n) is 2.42. The number of hydrogen-bond acceptors (Lipinski definition) is 3. The smallest absolute Gasteiger partial charge is 0.338 e. The summed E-state index contributed by atoms with van der Waals surface area (Å²) in [6, 6.07) is 6.21. The van der Waals surface area contributed by atoms with E-state index in [2.05, 4.69) is 10.3 Å². The molecule has 0 aliphatic carbocycles. The van der Waals surface area contributed by atoms with Crippen LogP contribution in [-0.4, -0.2) is 22.0 Å². The molecule has 1 amide bonds. The standard InChI is InChI=1S/C13H8ClFN2O3/c14-7-1-4-11(16-6-7)12(18)17-8-2-3-9(13(19)20)10(15)5-8/h1-6H,(H,17,18)(H,19,20). The number of amides is 1. The average Bonchev–Trinajstić information content (AvgIpc) is 2.39. The van der Waals surface area contributed by atoms with Crippen molar-refractivity contribution in [2.45, 2.75) is 0 Å². The van der Waals surface area contributed by atoms with Gasteiger partial charge in [-0.3, -0.25) is 4.79 Å². The maximum atomic E-state index is 13.4. The van der Waals surface area contributed by atoms with E-state index >= 15 is 0 Å². The molecule has 1 aromatic carbocycles. The van der Waals surface area contributed by atoms with Crippen molar-refractivity contribution in [3.63, 3.8) is 0 Å². The molecule has 1 aromatic heterocycles. The Bertz CT molecular complexity index is 674. The summed E-state index contributed by atoms with van der Waals surface area (Å²) in [6.07, 6.45) is 1.31. The molecule has 2 N–H and O–H groups in total. The average molecular weight is 295 g/mol. The number of nitrogens with zero attached hydrogens (tertiary/aromatic N) is 1. The van der Waals surface area contributed by atoms with Crippen LogP contribution in [0.2, 0.25) is 5.02 Å². The van der Waals surface area contributed by atoms with Crippen molar-refractivity contribution >= 4 is 29.2 Å². The van der Waals surface area contributed by atoms with Crippen LogP contribution in [0.3, 0.4) is 0 Å². The van der Waals surface area contributed by atoms with Gasteiger partial charge in [0, 0.05) is 11.9 Å². The Morgan fingerprint density at radius 2 is 2.00 bits per heavy atom. The minimum absolute atomic E-state index is 0.108. The van der Waals surface area contributed by atoms with E-state index in [0.717, 1.165) is 12.1 Å². The molecule has 0 fully saturated rings. The lowest BCUT2D eigenvalue weighted by Gasteiger charge is -2.06. The molecule has 7 heteroatoms. The van der Waals surface area contributed by atoms with E-state index in [0.29, 0.717) is 5.02 Å². The van der Waals surface area contributed by atoms with Crippen LogP contribution in [0.15, 0.2) is 36.5 Å². The largest absolute Gasteiger partial charge is 0.478 e. The molecule has 2 aromatic rings. The number of nitrogens with one attached hydrogen (secondary N) is 1. The summed E-state index contributed by atoms with van der Waals surface area (Å²) in [5.74, 6) is -2.86.